The van der Waals surface area contributed by atoms with Crippen molar-refractivity contribution in [2.45, 2.75) is 0 Å². The lowest BCUT2D eigenvalue weighted by Gasteiger charge is -2.07. The fourth-order valence-electron chi connectivity index (χ4n) is 1.68. The average Bonchev–Trinajstić information content (AvgIpc) is 2.50. The van der Waals surface area contributed by atoms with Gasteiger partial charge in [-0.2, -0.15) is 0 Å². The number of methoxy groups -OCH3 is 1. The molecule has 2 rings (SSSR count). The van der Waals surface area contributed by atoms with E-state index in [0.717, 1.165) is 0 Å². The van der Waals surface area contributed by atoms with Gasteiger partial charge in [-0.1, -0.05) is 0 Å². The molecule has 0 radical (unpaired) electrons. The minimum atomic E-state index is -0.421. The summed E-state index contributed by atoms with van der Waals surface area (Å²) in [4.78, 5) is 23.4. The van der Waals surface area contributed by atoms with E-state index in [1.54, 1.807) is 42.5 Å². The third-order valence-electron chi connectivity index (χ3n) is 2.83. The third kappa shape index (κ3) is 3.61. The molecule has 0 atom stereocenters. The molecule has 6 heteroatoms. The summed E-state index contributed by atoms with van der Waals surface area (Å²) in [5, 5.41) is 2.74. The Bertz CT molecular complexity index is 684. The molecule has 21 heavy (non-hydrogen) atoms. The minimum absolute atomic E-state index is 0.262. The fraction of sp³-hybridized carbons (Fsp3) is 0.0667. The van der Waals surface area contributed by atoms with Crippen molar-refractivity contribution in [3.05, 3.63) is 58.1 Å². The Hall–Kier alpha value is -2.34. The summed E-state index contributed by atoms with van der Waals surface area (Å²) in [6.07, 6.45) is 0. The molecule has 0 heterocycles. The van der Waals surface area contributed by atoms with Crippen molar-refractivity contribution in [2.75, 3.05) is 18.2 Å². The maximum absolute atomic E-state index is 12.1. The first-order valence-electron chi connectivity index (χ1n) is 6.06. The molecule has 0 aliphatic carbocycles. The molecule has 0 aliphatic rings. The van der Waals surface area contributed by atoms with Crippen LogP contribution in [0.1, 0.15) is 20.7 Å². The van der Waals surface area contributed by atoms with Crippen LogP contribution in [0.15, 0.2) is 46.9 Å². The number of benzene rings is 2. The van der Waals surface area contributed by atoms with Gasteiger partial charge in [0.2, 0.25) is 0 Å². The topological polar surface area (TPSA) is 81.4 Å². The lowest BCUT2D eigenvalue weighted by atomic mass is 10.1. The summed E-state index contributed by atoms with van der Waals surface area (Å²) in [7, 11) is 1.32. The van der Waals surface area contributed by atoms with E-state index in [-0.39, 0.29) is 5.91 Å². The van der Waals surface area contributed by atoms with Gasteiger partial charge in [0.25, 0.3) is 5.91 Å². The van der Waals surface area contributed by atoms with Crippen molar-refractivity contribution in [3.63, 3.8) is 0 Å². The van der Waals surface area contributed by atoms with Crippen LogP contribution in [0.4, 0.5) is 11.4 Å². The van der Waals surface area contributed by atoms with Gasteiger partial charge in [-0.15, -0.1) is 0 Å². The summed E-state index contributed by atoms with van der Waals surface area (Å²) < 4.78 is 5.27. The standard InChI is InChI=1S/C15H13BrN2O3/c1-21-15(20)9-2-5-11(6-3-9)18-14(19)10-4-7-13(17)12(16)8-10/h2-8H,17H2,1H3,(H,18,19). The number of ether oxygens (including phenoxy) is 1. The molecule has 0 aromatic heterocycles. The highest BCUT2D eigenvalue weighted by Crippen LogP contribution is 2.21. The molecule has 0 fully saturated rings. The van der Waals surface area contributed by atoms with Gasteiger partial charge in [0, 0.05) is 21.4 Å². The lowest BCUT2D eigenvalue weighted by molar-refractivity contribution is 0.0600. The zero-order valence-corrected chi connectivity index (χ0v) is 12.8. The Morgan fingerprint density at radius 3 is 2.29 bits per heavy atom. The van der Waals surface area contributed by atoms with Crippen LogP contribution < -0.4 is 11.1 Å². The molecule has 0 saturated carbocycles. The van der Waals surface area contributed by atoms with Gasteiger partial charge in [-0.3, -0.25) is 4.79 Å². The maximum Gasteiger partial charge on any atom is 0.337 e. The second kappa shape index (κ2) is 6.41. The molecule has 2 aromatic carbocycles. The average molecular weight is 349 g/mol. The molecule has 108 valence electrons. The van der Waals surface area contributed by atoms with Crippen LogP contribution in [0.3, 0.4) is 0 Å². The molecule has 3 N–H and O–H groups in total. The number of hydrogen-bond acceptors (Lipinski definition) is 4. The van der Waals surface area contributed by atoms with E-state index in [2.05, 4.69) is 26.0 Å². The molecular weight excluding hydrogens is 336 g/mol. The highest BCUT2D eigenvalue weighted by atomic mass is 79.9. The second-order valence-corrected chi connectivity index (χ2v) is 5.11. The number of nitrogens with one attached hydrogen (secondary N) is 1. The molecule has 2 aromatic rings. The van der Waals surface area contributed by atoms with Crippen LogP contribution in [0, 0.1) is 0 Å². The van der Waals surface area contributed by atoms with Gasteiger partial charge in [-0.05, 0) is 58.4 Å². The number of hydrogen-bond donors (Lipinski definition) is 2. The van der Waals surface area contributed by atoms with Crippen LogP contribution in [0.2, 0.25) is 0 Å². The summed E-state index contributed by atoms with van der Waals surface area (Å²) in [6, 6.07) is 11.4. The number of halogens is 1. The van der Waals surface area contributed by atoms with E-state index >= 15 is 0 Å². The molecular formula is C15H13BrN2O3. The smallest absolute Gasteiger partial charge is 0.337 e. The van der Waals surface area contributed by atoms with Gasteiger partial charge in [0.15, 0.2) is 0 Å². The number of carbonyl (C=O) groups is 2. The zero-order chi connectivity index (χ0) is 15.4. The van der Waals surface area contributed by atoms with Crippen molar-refractivity contribution in [3.8, 4) is 0 Å². The predicted molar refractivity (Wildman–Crippen MR) is 84.3 cm³/mol. The predicted octanol–water partition coefficient (Wildman–Crippen LogP) is 3.07. The number of nitrogens with two attached hydrogens (primary N) is 1. The molecule has 0 aliphatic heterocycles. The molecule has 0 unspecified atom stereocenters. The highest BCUT2D eigenvalue weighted by molar-refractivity contribution is 9.10. The SMILES string of the molecule is COC(=O)c1ccc(NC(=O)c2ccc(N)c(Br)c2)cc1. The monoisotopic (exact) mass is 348 g/mol. The highest BCUT2D eigenvalue weighted by Gasteiger charge is 2.09. The molecule has 0 spiro atoms. The summed E-state index contributed by atoms with van der Waals surface area (Å²) in [5.74, 6) is -0.683. The first-order chi connectivity index (χ1) is 10.0. The normalized spacial score (nSPS) is 10.0. The molecule has 1 amide bonds. The van der Waals surface area contributed by atoms with Crippen LogP contribution in [-0.4, -0.2) is 19.0 Å². The van der Waals surface area contributed by atoms with Crippen molar-refractivity contribution in [2.24, 2.45) is 0 Å². The Balaban J connectivity index is 2.12. The van der Waals surface area contributed by atoms with Crippen LogP contribution in [-0.2, 0) is 4.74 Å². The fourth-order valence-corrected chi connectivity index (χ4v) is 2.06. The van der Waals surface area contributed by atoms with Crippen molar-refractivity contribution in [1.82, 2.24) is 0 Å². The van der Waals surface area contributed by atoms with Gasteiger partial charge >= 0.3 is 5.97 Å². The van der Waals surface area contributed by atoms with Crippen LogP contribution in [0.5, 0.6) is 0 Å². The molecule has 0 saturated heterocycles. The van der Waals surface area contributed by atoms with E-state index in [4.69, 9.17) is 5.73 Å². The van der Waals surface area contributed by atoms with Gasteiger partial charge in [-0.25, -0.2) is 4.79 Å². The van der Waals surface area contributed by atoms with E-state index in [1.165, 1.54) is 7.11 Å². The van der Waals surface area contributed by atoms with Gasteiger partial charge in [0.05, 0.1) is 12.7 Å². The Labute approximate surface area is 130 Å². The largest absolute Gasteiger partial charge is 0.465 e. The minimum Gasteiger partial charge on any atom is -0.465 e. The summed E-state index contributed by atoms with van der Waals surface area (Å²) in [6.45, 7) is 0. The number of carbonyl (C=O) groups excluding carboxylic acids is 2. The Kier molecular flexibility index (Phi) is 4.59. The number of rotatable bonds is 3. The van der Waals surface area contributed by atoms with E-state index < -0.39 is 5.97 Å². The van der Waals surface area contributed by atoms with E-state index in [0.29, 0.717) is 27.0 Å². The number of esters is 1. The van der Waals surface area contributed by atoms with Crippen molar-refractivity contribution in [1.29, 1.82) is 0 Å². The van der Waals surface area contributed by atoms with Gasteiger partial charge in [0.1, 0.15) is 0 Å². The zero-order valence-electron chi connectivity index (χ0n) is 11.2. The molecule has 0 bridgehead atoms. The Morgan fingerprint density at radius 1 is 1.10 bits per heavy atom. The van der Waals surface area contributed by atoms with Gasteiger partial charge < -0.3 is 15.8 Å². The number of amides is 1. The maximum atomic E-state index is 12.1. The van der Waals surface area contributed by atoms with E-state index in [9.17, 15) is 9.59 Å². The molecule has 5 nitrogen and oxygen atoms in total. The lowest BCUT2D eigenvalue weighted by Crippen LogP contribution is -2.12. The quantitative estimate of drug-likeness (QED) is 0.659. The third-order valence-corrected chi connectivity index (χ3v) is 3.51. The van der Waals surface area contributed by atoms with E-state index in [1.807, 2.05) is 0 Å². The number of anilines is 2. The van der Waals surface area contributed by atoms with Crippen molar-refractivity contribution >= 4 is 39.2 Å². The second-order valence-electron chi connectivity index (χ2n) is 4.26. The van der Waals surface area contributed by atoms with Crippen molar-refractivity contribution < 1.29 is 14.3 Å². The summed E-state index contributed by atoms with van der Waals surface area (Å²) in [5.41, 5.74) is 7.73. The number of nitrogen functional groups attached to an aromatic ring is 1. The van der Waals surface area contributed by atoms with Crippen LogP contribution >= 0.6 is 15.9 Å². The first kappa shape index (κ1) is 15.1. The first-order valence-corrected chi connectivity index (χ1v) is 6.85. The van der Waals surface area contributed by atoms with Crippen LogP contribution in [0.25, 0.3) is 0 Å². The summed E-state index contributed by atoms with van der Waals surface area (Å²) >= 11 is 3.28. The Morgan fingerprint density at radius 2 is 1.71 bits per heavy atom.